The molecule has 17 heavy (non-hydrogen) atoms. The monoisotopic (exact) mass is 255 g/mol. The maximum Gasteiger partial charge on any atom is 0.129 e. The van der Waals surface area contributed by atoms with E-state index in [0.717, 1.165) is 24.4 Å². The SMILES string of the molecule is CCCc1cc(NCC(C)(O)CSC)ncn1. The van der Waals surface area contributed by atoms with E-state index in [1.165, 1.54) is 0 Å². The lowest BCUT2D eigenvalue weighted by molar-refractivity contribution is 0.0996. The lowest BCUT2D eigenvalue weighted by Crippen LogP contribution is -2.36. The standard InChI is InChI=1S/C12H21N3OS/c1-4-5-10-6-11(15-9-14-10)13-7-12(2,16)8-17-3/h6,9,16H,4-5,7-8H2,1-3H3,(H,13,14,15). The smallest absolute Gasteiger partial charge is 0.129 e. The Morgan fingerprint density at radius 3 is 2.88 bits per heavy atom. The van der Waals surface area contributed by atoms with E-state index in [2.05, 4.69) is 22.2 Å². The molecule has 1 unspecified atom stereocenters. The van der Waals surface area contributed by atoms with E-state index >= 15 is 0 Å². The van der Waals surface area contributed by atoms with Crippen molar-refractivity contribution < 1.29 is 5.11 Å². The highest BCUT2D eigenvalue weighted by Gasteiger charge is 2.19. The zero-order valence-electron chi connectivity index (χ0n) is 10.7. The number of nitrogens with one attached hydrogen (secondary N) is 1. The summed E-state index contributed by atoms with van der Waals surface area (Å²) in [6.45, 7) is 4.44. The third-order valence-corrected chi connectivity index (χ3v) is 3.25. The zero-order chi connectivity index (χ0) is 12.7. The van der Waals surface area contributed by atoms with Gasteiger partial charge in [-0.3, -0.25) is 0 Å². The number of aryl methyl sites for hydroxylation is 1. The zero-order valence-corrected chi connectivity index (χ0v) is 11.5. The molecule has 0 saturated heterocycles. The highest BCUT2D eigenvalue weighted by molar-refractivity contribution is 7.98. The van der Waals surface area contributed by atoms with Crippen molar-refractivity contribution >= 4 is 17.6 Å². The molecule has 0 aliphatic rings. The minimum Gasteiger partial charge on any atom is -0.387 e. The van der Waals surface area contributed by atoms with E-state index in [1.54, 1.807) is 18.1 Å². The van der Waals surface area contributed by atoms with Gasteiger partial charge in [-0.1, -0.05) is 13.3 Å². The summed E-state index contributed by atoms with van der Waals surface area (Å²) in [4.78, 5) is 8.34. The van der Waals surface area contributed by atoms with Crippen LogP contribution in [0, 0.1) is 0 Å². The second-order valence-corrected chi connectivity index (χ2v) is 5.29. The van der Waals surface area contributed by atoms with Crippen LogP contribution >= 0.6 is 11.8 Å². The van der Waals surface area contributed by atoms with Crippen molar-refractivity contribution in [3.05, 3.63) is 18.1 Å². The van der Waals surface area contributed by atoms with Gasteiger partial charge in [-0.2, -0.15) is 11.8 Å². The van der Waals surface area contributed by atoms with Gasteiger partial charge < -0.3 is 10.4 Å². The fourth-order valence-corrected chi connectivity index (χ4v) is 2.25. The van der Waals surface area contributed by atoms with Crippen molar-refractivity contribution in [3.63, 3.8) is 0 Å². The van der Waals surface area contributed by atoms with E-state index < -0.39 is 5.60 Å². The van der Waals surface area contributed by atoms with Crippen molar-refractivity contribution in [2.45, 2.75) is 32.3 Å². The summed E-state index contributed by atoms with van der Waals surface area (Å²) in [7, 11) is 0. The Hall–Kier alpha value is -0.810. The number of thioether (sulfide) groups is 1. The van der Waals surface area contributed by atoms with Crippen LogP contribution < -0.4 is 5.32 Å². The summed E-state index contributed by atoms with van der Waals surface area (Å²) in [5.74, 6) is 1.48. The molecule has 0 spiro atoms. The number of aliphatic hydroxyl groups is 1. The highest BCUT2D eigenvalue weighted by Crippen LogP contribution is 2.12. The maximum atomic E-state index is 10.0. The molecule has 1 aromatic rings. The lowest BCUT2D eigenvalue weighted by Gasteiger charge is -2.22. The molecule has 4 nitrogen and oxygen atoms in total. The molecule has 0 bridgehead atoms. The molecule has 0 fully saturated rings. The first-order chi connectivity index (χ1) is 8.07. The van der Waals surface area contributed by atoms with Gasteiger partial charge in [-0.15, -0.1) is 0 Å². The molecule has 0 saturated carbocycles. The summed E-state index contributed by atoms with van der Waals surface area (Å²) < 4.78 is 0. The van der Waals surface area contributed by atoms with E-state index in [4.69, 9.17) is 0 Å². The van der Waals surface area contributed by atoms with Crippen molar-refractivity contribution in [2.24, 2.45) is 0 Å². The number of anilines is 1. The van der Waals surface area contributed by atoms with E-state index in [9.17, 15) is 5.11 Å². The van der Waals surface area contributed by atoms with Gasteiger partial charge in [-0.25, -0.2) is 9.97 Å². The van der Waals surface area contributed by atoms with Crippen LogP contribution in [0.1, 0.15) is 26.0 Å². The Kier molecular flexibility index (Phi) is 5.71. The van der Waals surface area contributed by atoms with Gasteiger partial charge in [0.25, 0.3) is 0 Å². The molecular weight excluding hydrogens is 234 g/mol. The molecule has 1 heterocycles. The summed E-state index contributed by atoms with van der Waals surface area (Å²) in [6, 6.07) is 1.94. The molecule has 1 aromatic heterocycles. The summed E-state index contributed by atoms with van der Waals surface area (Å²) in [6.07, 6.45) is 5.58. The largest absolute Gasteiger partial charge is 0.387 e. The summed E-state index contributed by atoms with van der Waals surface area (Å²) in [5.41, 5.74) is 0.324. The van der Waals surface area contributed by atoms with Crippen LogP contribution in [0.3, 0.4) is 0 Å². The Bertz CT molecular complexity index is 344. The minimum absolute atomic E-state index is 0.496. The van der Waals surface area contributed by atoms with E-state index in [-0.39, 0.29) is 0 Å². The fourth-order valence-electron chi connectivity index (χ4n) is 1.53. The van der Waals surface area contributed by atoms with Crippen LogP contribution in [0.5, 0.6) is 0 Å². The van der Waals surface area contributed by atoms with Crippen molar-refractivity contribution in [1.82, 2.24) is 9.97 Å². The van der Waals surface area contributed by atoms with E-state index in [1.807, 2.05) is 19.2 Å². The molecule has 0 amide bonds. The predicted octanol–water partition coefficient (Wildman–Crippen LogP) is 1.95. The average Bonchev–Trinajstić information content (AvgIpc) is 2.28. The van der Waals surface area contributed by atoms with Gasteiger partial charge >= 0.3 is 0 Å². The first-order valence-corrected chi connectivity index (χ1v) is 7.23. The molecule has 96 valence electrons. The molecule has 0 aromatic carbocycles. The Morgan fingerprint density at radius 1 is 1.47 bits per heavy atom. The number of nitrogens with zero attached hydrogens (tertiary/aromatic N) is 2. The van der Waals surface area contributed by atoms with Gasteiger partial charge in [0.2, 0.25) is 0 Å². The van der Waals surface area contributed by atoms with Crippen LogP contribution in [-0.4, -0.2) is 39.2 Å². The predicted molar refractivity (Wildman–Crippen MR) is 73.5 cm³/mol. The number of aromatic nitrogens is 2. The van der Waals surface area contributed by atoms with Gasteiger partial charge in [0.05, 0.1) is 5.60 Å². The number of rotatable bonds is 7. The number of hydrogen-bond donors (Lipinski definition) is 2. The van der Waals surface area contributed by atoms with Crippen LogP contribution in [0.4, 0.5) is 5.82 Å². The van der Waals surface area contributed by atoms with Gasteiger partial charge in [0, 0.05) is 24.1 Å². The highest BCUT2D eigenvalue weighted by atomic mass is 32.2. The molecular formula is C12H21N3OS. The maximum absolute atomic E-state index is 10.0. The lowest BCUT2D eigenvalue weighted by atomic mass is 10.1. The van der Waals surface area contributed by atoms with Crippen LogP contribution in [0.25, 0.3) is 0 Å². The molecule has 5 heteroatoms. The van der Waals surface area contributed by atoms with Gasteiger partial charge in [-0.05, 0) is 19.6 Å². The Morgan fingerprint density at radius 2 is 2.24 bits per heavy atom. The molecule has 0 aliphatic carbocycles. The first-order valence-electron chi connectivity index (χ1n) is 5.83. The molecule has 1 atom stereocenters. The third-order valence-electron chi connectivity index (χ3n) is 2.34. The van der Waals surface area contributed by atoms with Crippen LogP contribution in [0.15, 0.2) is 12.4 Å². The Labute approximate surface area is 107 Å². The van der Waals surface area contributed by atoms with Crippen molar-refractivity contribution in [3.8, 4) is 0 Å². The fraction of sp³-hybridized carbons (Fsp3) is 0.667. The normalized spacial score (nSPS) is 14.4. The van der Waals surface area contributed by atoms with Crippen LogP contribution in [-0.2, 0) is 6.42 Å². The molecule has 0 radical (unpaired) electrons. The molecule has 0 aliphatic heterocycles. The Balaban J connectivity index is 2.53. The quantitative estimate of drug-likeness (QED) is 0.780. The van der Waals surface area contributed by atoms with Crippen molar-refractivity contribution in [2.75, 3.05) is 23.9 Å². The minimum atomic E-state index is -0.713. The van der Waals surface area contributed by atoms with Gasteiger partial charge in [0.1, 0.15) is 12.1 Å². The average molecular weight is 255 g/mol. The second-order valence-electron chi connectivity index (χ2n) is 4.43. The van der Waals surface area contributed by atoms with Crippen LogP contribution in [0.2, 0.25) is 0 Å². The third kappa shape index (κ3) is 5.37. The molecule has 1 rings (SSSR count). The van der Waals surface area contributed by atoms with E-state index in [0.29, 0.717) is 12.3 Å². The second kappa shape index (κ2) is 6.81. The number of hydrogen-bond acceptors (Lipinski definition) is 5. The first kappa shape index (κ1) is 14.3. The summed E-state index contributed by atoms with van der Waals surface area (Å²) in [5, 5.41) is 13.2. The summed E-state index contributed by atoms with van der Waals surface area (Å²) >= 11 is 1.63. The van der Waals surface area contributed by atoms with Gasteiger partial charge in [0.15, 0.2) is 0 Å². The molecule has 2 N–H and O–H groups in total. The topological polar surface area (TPSA) is 58.0 Å². The van der Waals surface area contributed by atoms with Crippen molar-refractivity contribution in [1.29, 1.82) is 0 Å².